The molecule has 1 aliphatic rings. The van der Waals surface area contributed by atoms with Crippen LogP contribution >= 0.6 is 0 Å². The summed E-state index contributed by atoms with van der Waals surface area (Å²) in [6, 6.07) is 9.96. The molecule has 2 unspecified atom stereocenters. The lowest BCUT2D eigenvalue weighted by atomic mass is 9.73. The minimum atomic E-state index is -0.864. The Bertz CT molecular complexity index is 466. The maximum Gasteiger partial charge on any atom is 0.341 e. The van der Waals surface area contributed by atoms with Crippen molar-refractivity contribution in [1.82, 2.24) is 0 Å². The van der Waals surface area contributed by atoms with Crippen LogP contribution in [0.4, 0.5) is 0 Å². The number of carbonyl (C=O) groups is 1. The number of ether oxygens (including phenoxy) is 2. The smallest absolute Gasteiger partial charge is 0.341 e. The van der Waals surface area contributed by atoms with Gasteiger partial charge >= 0.3 is 5.97 Å². The summed E-state index contributed by atoms with van der Waals surface area (Å²) >= 11 is 0. The van der Waals surface area contributed by atoms with Crippen LogP contribution in [0.15, 0.2) is 30.3 Å². The van der Waals surface area contributed by atoms with Gasteiger partial charge in [-0.2, -0.15) is 0 Å². The number of carbonyl (C=O) groups excluding carboxylic acids is 1. The van der Waals surface area contributed by atoms with Gasteiger partial charge in [-0.3, -0.25) is 0 Å². The third-order valence-electron chi connectivity index (χ3n) is 4.15. The number of rotatable bonds is 4. The summed E-state index contributed by atoms with van der Waals surface area (Å²) in [6.07, 6.45) is 0. The second kappa shape index (κ2) is 4.64. The first kappa shape index (κ1) is 14.1. The molecule has 2 rings (SSSR count). The third kappa shape index (κ3) is 1.71. The number of benzene rings is 1. The number of hydrogen-bond donors (Lipinski definition) is 0. The lowest BCUT2D eigenvalue weighted by molar-refractivity contribution is -0.148. The first-order valence-corrected chi connectivity index (χ1v) is 6.77. The quantitative estimate of drug-likeness (QED) is 0.618. The summed E-state index contributed by atoms with van der Waals surface area (Å²) in [5, 5.41) is 0. The van der Waals surface area contributed by atoms with E-state index in [0.717, 1.165) is 5.56 Å². The van der Waals surface area contributed by atoms with Crippen LogP contribution in [0.5, 0.6) is 0 Å². The van der Waals surface area contributed by atoms with Crippen LogP contribution in [0.1, 0.15) is 33.3 Å². The van der Waals surface area contributed by atoms with Crippen molar-refractivity contribution in [2.75, 3.05) is 7.11 Å². The largest absolute Gasteiger partial charge is 0.467 e. The van der Waals surface area contributed by atoms with Gasteiger partial charge in [0.15, 0.2) is 0 Å². The topological polar surface area (TPSA) is 38.8 Å². The fourth-order valence-corrected chi connectivity index (χ4v) is 3.19. The van der Waals surface area contributed by atoms with Gasteiger partial charge in [0.2, 0.25) is 5.60 Å². The molecule has 0 N–H and O–H groups in total. The predicted molar refractivity (Wildman–Crippen MR) is 73.6 cm³/mol. The molecule has 0 radical (unpaired) electrons. The van der Waals surface area contributed by atoms with Crippen LogP contribution in [0.3, 0.4) is 0 Å². The van der Waals surface area contributed by atoms with Gasteiger partial charge in [-0.15, -0.1) is 0 Å². The molecular formula is C16H22O3. The van der Waals surface area contributed by atoms with Gasteiger partial charge in [0.1, 0.15) is 5.60 Å². The van der Waals surface area contributed by atoms with E-state index >= 15 is 0 Å². The van der Waals surface area contributed by atoms with Crippen molar-refractivity contribution in [2.24, 2.45) is 11.8 Å². The zero-order valence-electron chi connectivity index (χ0n) is 12.3. The molecule has 104 valence electrons. The van der Waals surface area contributed by atoms with Crippen LogP contribution in [0, 0.1) is 11.8 Å². The second-order valence-electron chi connectivity index (χ2n) is 5.74. The Morgan fingerprint density at radius 1 is 1.11 bits per heavy atom. The second-order valence-corrected chi connectivity index (χ2v) is 5.74. The van der Waals surface area contributed by atoms with Crippen molar-refractivity contribution < 1.29 is 14.3 Å². The molecule has 19 heavy (non-hydrogen) atoms. The molecule has 0 aromatic heterocycles. The van der Waals surface area contributed by atoms with E-state index in [1.807, 2.05) is 44.2 Å². The molecule has 0 bridgehead atoms. The normalized spacial score (nSPS) is 29.6. The molecule has 1 aromatic carbocycles. The van der Waals surface area contributed by atoms with E-state index in [0.29, 0.717) is 0 Å². The van der Waals surface area contributed by atoms with Gasteiger partial charge in [-0.05, 0) is 17.4 Å². The molecule has 1 heterocycles. The van der Waals surface area contributed by atoms with Crippen molar-refractivity contribution in [3.63, 3.8) is 0 Å². The Morgan fingerprint density at radius 3 is 2.11 bits per heavy atom. The highest BCUT2D eigenvalue weighted by molar-refractivity contribution is 5.86. The number of hydrogen-bond acceptors (Lipinski definition) is 3. The van der Waals surface area contributed by atoms with Gasteiger partial charge in [-0.25, -0.2) is 4.79 Å². The number of esters is 1. The van der Waals surface area contributed by atoms with Crippen molar-refractivity contribution in [1.29, 1.82) is 0 Å². The number of epoxide rings is 1. The van der Waals surface area contributed by atoms with E-state index in [-0.39, 0.29) is 17.8 Å². The molecule has 1 saturated heterocycles. The minimum absolute atomic E-state index is 0.0579. The Labute approximate surface area is 114 Å². The highest BCUT2D eigenvalue weighted by Gasteiger charge is 2.78. The molecule has 2 atom stereocenters. The van der Waals surface area contributed by atoms with Gasteiger partial charge in [0.05, 0.1) is 7.11 Å². The van der Waals surface area contributed by atoms with Gasteiger partial charge in [0, 0.05) is 0 Å². The predicted octanol–water partition coefficient (Wildman–Crippen LogP) is 3.14. The average molecular weight is 262 g/mol. The summed E-state index contributed by atoms with van der Waals surface area (Å²) in [5.41, 5.74) is -0.392. The van der Waals surface area contributed by atoms with Crippen molar-refractivity contribution in [2.45, 2.75) is 38.9 Å². The first-order valence-electron chi connectivity index (χ1n) is 6.77. The highest BCUT2D eigenvalue weighted by Crippen LogP contribution is 2.64. The van der Waals surface area contributed by atoms with Gasteiger partial charge in [-0.1, -0.05) is 58.0 Å². The summed E-state index contributed by atoms with van der Waals surface area (Å²) in [6.45, 7) is 8.17. The Hall–Kier alpha value is -1.35. The monoisotopic (exact) mass is 262 g/mol. The summed E-state index contributed by atoms with van der Waals surface area (Å²) in [4.78, 5) is 12.3. The lowest BCUT2D eigenvalue weighted by Crippen LogP contribution is -2.41. The van der Waals surface area contributed by atoms with Crippen molar-refractivity contribution in [3.8, 4) is 0 Å². The van der Waals surface area contributed by atoms with Crippen LogP contribution in [-0.2, 0) is 19.9 Å². The average Bonchev–Trinajstić information content (AvgIpc) is 3.12. The van der Waals surface area contributed by atoms with E-state index in [4.69, 9.17) is 9.47 Å². The molecule has 1 aromatic rings. The Morgan fingerprint density at radius 2 is 1.68 bits per heavy atom. The molecule has 0 spiro atoms. The third-order valence-corrected chi connectivity index (χ3v) is 4.15. The zero-order chi connectivity index (χ0) is 14.3. The maximum absolute atomic E-state index is 12.3. The van der Waals surface area contributed by atoms with E-state index in [1.54, 1.807) is 0 Å². The molecule has 3 heteroatoms. The molecule has 0 aliphatic carbocycles. The minimum Gasteiger partial charge on any atom is -0.467 e. The summed E-state index contributed by atoms with van der Waals surface area (Å²) < 4.78 is 11.1. The maximum atomic E-state index is 12.3. The SMILES string of the molecule is COC(=O)C1(C(C)C)OC1(c1ccccc1)C(C)C. The Balaban J connectivity index is 2.54. The zero-order valence-corrected chi connectivity index (χ0v) is 12.3. The Kier molecular flexibility index (Phi) is 3.43. The van der Waals surface area contributed by atoms with Crippen molar-refractivity contribution in [3.05, 3.63) is 35.9 Å². The highest BCUT2D eigenvalue weighted by atomic mass is 16.7. The van der Waals surface area contributed by atoms with Crippen LogP contribution in [0.25, 0.3) is 0 Å². The fourth-order valence-electron chi connectivity index (χ4n) is 3.19. The fraction of sp³-hybridized carbons (Fsp3) is 0.562. The molecule has 1 aliphatic heterocycles. The number of methoxy groups -OCH3 is 1. The molecular weight excluding hydrogens is 240 g/mol. The van der Waals surface area contributed by atoms with E-state index in [2.05, 4.69) is 13.8 Å². The summed E-state index contributed by atoms with van der Waals surface area (Å²) in [5.74, 6) is -0.0287. The lowest BCUT2D eigenvalue weighted by Gasteiger charge is -2.24. The van der Waals surface area contributed by atoms with E-state index in [9.17, 15) is 4.79 Å². The summed E-state index contributed by atoms with van der Waals surface area (Å²) in [7, 11) is 1.42. The van der Waals surface area contributed by atoms with E-state index in [1.165, 1.54) is 7.11 Å². The van der Waals surface area contributed by atoms with Crippen molar-refractivity contribution >= 4 is 5.97 Å². The van der Waals surface area contributed by atoms with E-state index < -0.39 is 11.2 Å². The molecule has 3 nitrogen and oxygen atoms in total. The van der Waals surface area contributed by atoms with Crippen LogP contribution < -0.4 is 0 Å². The van der Waals surface area contributed by atoms with Crippen LogP contribution in [-0.4, -0.2) is 18.7 Å². The standard InChI is InChI=1S/C16H22O3/c1-11(2)15(13-9-7-6-8-10-13)16(19-15,12(3)4)14(17)18-5/h6-12H,1-5H3. The molecule has 0 saturated carbocycles. The first-order chi connectivity index (χ1) is 8.93. The van der Waals surface area contributed by atoms with Crippen LogP contribution in [0.2, 0.25) is 0 Å². The molecule has 1 fully saturated rings. The molecule has 0 amide bonds. The van der Waals surface area contributed by atoms with Gasteiger partial charge in [0.25, 0.3) is 0 Å². The van der Waals surface area contributed by atoms with Gasteiger partial charge < -0.3 is 9.47 Å².